The maximum absolute atomic E-state index is 12.0. The van der Waals surface area contributed by atoms with Crippen molar-refractivity contribution in [2.24, 2.45) is 0 Å². The highest BCUT2D eigenvalue weighted by molar-refractivity contribution is 5.98. The summed E-state index contributed by atoms with van der Waals surface area (Å²) in [5.74, 6) is -0.439. The zero-order valence-electron chi connectivity index (χ0n) is 13.9. The fraction of sp³-hybridized carbons (Fsp3) is 0.167. The number of benzene rings is 2. The first-order valence-corrected chi connectivity index (χ1v) is 7.75. The van der Waals surface area contributed by atoms with Gasteiger partial charge in [0.1, 0.15) is 0 Å². The maximum atomic E-state index is 12.0. The smallest absolute Gasteiger partial charge is 0.338 e. The average molecular weight is 356 g/mol. The second kappa shape index (κ2) is 7.56. The molecule has 0 aromatic heterocycles. The number of esters is 1. The van der Waals surface area contributed by atoms with Crippen LogP contribution < -0.4 is 20.1 Å². The third-order valence-electron chi connectivity index (χ3n) is 3.58. The molecule has 0 bridgehead atoms. The minimum Gasteiger partial charge on any atom is -0.454 e. The van der Waals surface area contributed by atoms with Gasteiger partial charge in [-0.3, -0.25) is 9.59 Å². The van der Waals surface area contributed by atoms with Gasteiger partial charge in [0, 0.05) is 18.3 Å². The van der Waals surface area contributed by atoms with Gasteiger partial charge in [0.25, 0.3) is 11.8 Å². The largest absolute Gasteiger partial charge is 0.454 e. The summed E-state index contributed by atoms with van der Waals surface area (Å²) in [6, 6.07) is 11.0. The molecule has 0 atom stereocenters. The first kappa shape index (κ1) is 17.3. The van der Waals surface area contributed by atoms with Gasteiger partial charge in [0.2, 0.25) is 6.79 Å². The molecule has 0 fully saturated rings. The minimum atomic E-state index is -0.655. The molecule has 2 aromatic rings. The molecule has 26 heavy (non-hydrogen) atoms. The van der Waals surface area contributed by atoms with E-state index in [1.807, 2.05) is 0 Å². The van der Waals surface area contributed by atoms with Crippen molar-refractivity contribution in [3.05, 3.63) is 53.6 Å². The van der Waals surface area contributed by atoms with Gasteiger partial charge >= 0.3 is 5.97 Å². The molecule has 2 N–H and O–H groups in total. The predicted molar refractivity (Wildman–Crippen MR) is 91.3 cm³/mol. The molecule has 0 radical (unpaired) electrons. The Hall–Kier alpha value is -3.55. The molecule has 2 amide bonds. The van der Waals surface area contributed by atoms with Crippen LogP contribution in [0, 0.1) is 0 Å². The summed E-state index contributed by atoms with van der Waals surface area (Å²) in [6.45, 7) is -0.358. The summed E-state index contributed by atoms with van der Waals surface area (Å²) in [7, 11) is 1.52. The number of carbonyl (C=O) groups is 3. The van der Waals surface area contributed by atoms with E-state index >= 15 is 0 Å². The van der Waals surface area contributed by atoms with Crippen LogP contribution in [0.25, 0.3) is 0 Å². The third kappa shape index (κ3) is 3.92. The van der Waals surface area contributed by atoms with Gasteiger partial charge in [-0.2, -0.15) is 0 Å². The molecule has 8 heteroatoms. The molecular weight excluding hydrogens is 340 g/mol. The fourth-order valence-corrected chi connectivity index (χ4v) is 2.32. The number of hydrogen-bond donors (Lipinski definition) is 2. The van der Waals surface area contributed by atoms with E-state index in [1.54, 1.807) is 24.3 Å². The van der Waals surface area contributed by atoms with Crippen molar-refractivity contribution in [2.75, 3.05) is 25.8 Å². The molecule has 0 saturated heterocycles. The van der Waals surface area contributed by atoms with Crippen LogP contribution in [0.1, 0.15) is 20.7 Å². The molecule has 8 nitrogen and oxygen atoms in total. The zero-order valence-corrected chi connectivity index (χ0v) is 13.9. The molecule has 0 aliphatic carbocycles. The molecular formula is C18H16N2O6. The van der Waals surface area contributed by atoms with E-state index in [0.717, 1.165) is 0 Å². The van der Waals surface area contributed by atoms with Crippen molar-refractivity contribution >= 4 is 23.5 Å². The summed E-state index contributed by atoms with van der Waals surface area (Å²) in [5.41, 5.74) is 1.08. The van der Waals surface area contributed by atoms with Crippen LogP contribution in [0.15, 0.2) is 42.5 Å². The lowest BCUT2D eigenvalue weighted by atomic mass is 10.2. The van der Waals surface area contributed by atoms with Gasteiger partial charge in [-0.1, -0.05) is 6.07 Å². The van der Waals surface area contributed by atoms with E-state index < -0.39 is 18.5 Å². The second-order valence-electron chi connectivity index (χ2n) is 5.35. The van der Waals surface area contributed by atoms with Crippen molar-refractivity contribution < 1.29 is 28.6 Å². The van der Waals surface area contributed by atoms with Gasteiger partial charge in [-0.25, -0.2) is 4.79 Å². The van der Waals surface area contributed by atoms with E-state index in [2.05, 4.69) is 10.6 Å². The standard InChI is InChI=1S/C18H16N2O6/c1-19-17(22)11-3-2-4-13(7-11)20-16(21)9-24-18(23)12-5-6-14-15(8-12)26-10-25-14/h2-8H,9-10H2,1H3,(H,19,22)(H,20,21). The Morgan fingerprint density at radius 3 is 2.65 bits per heavy atom. The molecule has 0 spiro atoms. The Bertz CT molecular complexity index is 865. The highest BCUT2D eigenvalue weighted by Crippen LogP contribution is 2.32. The monoisotopic (exact) mass is 356 g/mol. The predicted octanol–water partition coefficient (Wildman–Crippen LogP) is 1.57. The Labute approximate surface area is 149 Å². The van der Waals surface area contributed by atoms with Gasteiger partial charge in [0.15, 0.2) is 18.1 Å². The summed E-state index contributed by atoms with van der Waals surface area (Å²) in [6.07, 6.45) is 0. The van der Waals surface area contributed by atoms with E-state index in [4.69, 9.17) is 14.2 Å². The van der Waals surface area contributed by atoms with Crippen molar-refractivity contribution in [1.82, 2.24) is 5.32 Å². The van der Waals surface area contributed by atoms with Gasteiger partial charge in [-0.15, -0.1) is 0 Å². The molecule has 0 unspecified atom stereocenters. The summed E-state index contributed by atoms with van der Waals surface area (Å²) < 4.78 is 15.4. The highest BCUT2D eigenvalue weighted by Gasteiger charge is 2.17. The first-order chi connectivity index (χ1) is 12.6. The quantitative estimate of drug-likeness (QED) is 0.789. The number of hydrogen-bond acceptors (Lipinski definition) is 6. The molecule has 0 saturated carbocycles. The maximum Gasteiger partial charge on any atom is 0.338 e. The van der Waals surface area contributed by atoms with Crippen molar-refractivity contribution in [2.45, 2.75) is 0 Å². The van der Waals surface area contributed by atoms with Gasteiger partial charge < -0.3 is 24.8 Å². The molecule has 2 aromatic carbocycles. The summed E-state index contributed by atoms with van der Waals surface area (Å²) in [5, 5.41) is 5.07. The molecule has 1 aliphatic rings. The van der Waals surface area contributed by atoms with E-state index in [-0.39, 0.29) is 18.3 Å². The van der Waals surface area contributed by atoms with Crippen LogP contribution in [0.2, 0.25) is 0 Å². The second-order valence-corrected chi connectivity index (χ2v) is 5.35. The lowest BCUT2D eigenvalue weighted by Crippen LogP contribution is -2.22. The average Bonchev–Trinajstić information content (AvgIpc) is 3.13. The number of anilines is 1. The van der Waals surface area contributed by atoms with Crippen molar-refractivity contribution in [3.63, 3.8) is 0 Å². The van der Waals surface area contributed by atoms with Gasteiger partial charge in [0.05, 0.1) is 5.56 Å². The van der Waals surface area contributed by atoms with Gasteiger partial charge in [-0.05, 0) is 36.4 Å². The topological polar surface area (TPSA) is 103 Å². The Kier molecular flexibility index (Phi) is 5.02. The van der Waals surface area contributed by atoms with Crippen LogP contribution in [-0.2, 0) is 9.53 Å². The fourth-order valence-electron chi connectivity index (χ4n) is 2.32. The number of ether oxygens (including phenoxy) is 3. The molecule has 1 aliphatic heterocycles. The van der Waals surface area contributed by atoms with Crippen LogP contribution in [0.5, 0.6) is 11.5 Å². The third-order valence-corrected chi connectivity index (χ3v) is 3.58. The first-order valence-electron chi connectivity index (χ1n) is 7.75. The lowest BCUT2D eigenvalue weighted by Gasteiger charge is -2.08. The van der Waals surface area contributed by atoms with E-state index in [0.29, 0.717) is 22.7 Å². The van der Waals surface area contributed by atoms with Crippen LogP contribution in [0.3, 0.4) is 0 Å². The number of nitrogens with one attached hydrogen (secondary N) is 2. The Balaban J connectivity index is 1.55. The lowest BCUT2D eigenvalue weighted by molar-refractivity contribution is -0.119. The summed E-state index contributed by atoms with van der Waals surface area (Å²) in [4.78, 5) is 35.6. The Morgan fingerprint density at radius 2 is 1.85 bits per heavy atom. The molecule has 134 valence electrons. The van der Waals surface area contributed by atoms with Crippen molar-refractivity contribution in [1.29, 1.82) is 0 Å². The summed E-state index contributed by atoms with van der Waals surface area (Å²) >= 11 is 0. The van der Waals surface area contributed by atoms with Crippen LogP contribution in [-0.4, -0.2) is 38.2 Å². The SMILES string of the molecule is CNC(=O)c1cccc(NC(=O)COC(=O)c2ccc3c(c2)OCO3)c1. The molecule has 1 heterocycles. The number of carbonyl (C=O) groups excluding carboxylic acids is 3. The number of fused-ring (bicyclic) bond motifs is 1. The van der Waals surface area contributed by atoms with E-state index in [9.17, 15) is 14.4 Å². The van der Waals surface area contributed by atoms with Crippen molar-refractivity contribution in [3.8, 4) is 11.5 Å². The zero-order chi connectivity index (χ0) is 18.5. The van der Waals surface area contributed by atoms with Crippen LogP contribution in [0.4, 0.5) is 5.69 Å². The number of amides is 2. The van der Waals surface area contributed by atoms with Crippen LogP contribution >= 0.6 is 0 Å². The Morgan fingerprint density at radius 1 is 1.04 bits per heavy atom. The van der Waals surface area contributed by atoms with E-state index in [1.165, 1.54) is 25.2 Å². The number of rotatable bonds is 5. The normalized spacial score (nSPS) is 11.6. The molecule has 3 rings (SSSR count). The minimum absolute atomic E-state index is 0.103. The highest BCUT2D eigenvalue weighted by atomic mass is 16.7.